The van der Waals surface area contributed by atoms with Gasteiger partial charge in [-0.25, -0.2) is 9.96 Å². The first kappa shape index (κ1) is 19.0. The van der Waals surface area contributed by atoms with Crippen LogP contribution in [0.1, 0.15) is 11.6 Å². The molecule has 0 N–H and O–H groups in total. The van der Waals surface area contributed by atoms with Crippen molar-refractivity contribution in [1.29, 1.82) is 0 Å². The molecule has 154 valence electrons. The number of nitrogens with zero attached hydrogens (tertiary/aromatic N) is 3. The van der Waals surface area contributed by atoms with E-state index in [1.807, 2.05) is 36.4 Å². The summed E-state index contributed by atoms with van der Waals surface area (Å²) < 4.78 is 0. The molecule has 31 heavy (non-hydrogen) atoms. The maximum atomic E-state index is 13.4. The highest BCUT2D eigenvalue weighted by Gasteiger charge is 2.60. The molecule has 2 aliphatic rings. The molecule has 2 saturated heterocycles. The van der Waals surface area contributed by atoms with Crippen molar-refractivity contribution in [3.05, 3.63) is 101 Å². The van der Waals surface area contributed by atoms with E-state index in [0.29, 0.717) is 11.4 Å². The second-order valence-electron chi connectivity index (χ2n) is 7.36. The average molecular weight is 415 g/mol. The lowest BCUT2D eigenvalue weighted by molar-refractivity contribution is -0.384. The highest BCUT2D eigenvalue weighted by atomic mass is 16.7. The molecule has 0 spiro atoms. The van der Waals surface area contributed by atoms with E-state index in [0.717, 1.165) is 10.5 Å². The van der Waals surface area contributed by atoms with Gasteiger partial charge in [0.25, 0.3) is 11.6 Å². The lowest BCUT2D eigenvalue weighted by Crippen LogP contribution is -2.37. The molecule has 0 aromatic heterocycles. The number of carbonyl (C=O) groups excluding carboxylic acids is 2. The molecule has 0 aliphatic carbocycles. The Morgan fingerprint density at radius 1 is 0.806 bits per heavy atom. The van der Waals surface area contributed by atoms with Crippen LogP contribution in [0, 0.1) is 16.0 Å². The van der Waals surface area contributed by atoms with E-state index in [1.165, 1.54) is 17.2 Å². The number of nitro groups is 1. The van der Waals surface area contributed by atoms with Crippen molar-refractivity contribution in [1.82, 2.24) is 0 Å². The van der Waals surface area contributed by atoms with Gasteiger partial charge in [0.05, 0.1) is 22.3 Å². The summed E-state index contributed by atoms with van der Waals surface area (Å²) in [6.45, 7) is 0. The first-order valence-corrected chi connectivity index (χ1v) is 9.74. The summed E-state index contributed by atoms with van der Waals surface area (Å²) in [6, 6.07) is 23.3. The Morgan fingerprint density at radius 2 is 1.45 bits per heavy atom. The summed E-state index contributed by atoms with van der Waals surface area (Å²) in [4.78, 5) is 44.5. The lowest BCUT2D eigenvalue weighted by atomic mass is 9.90. The molecule has 3 aromatic rings. The van der Waals surface area contributed by atoms with Crippen molar-refractivity contribution in [3.8, 4) is 0 Å². The summed E-state index contributed by atoms with van der Waals surface area (Å²) in [7, 11) is 0. The summed E-state index contributed by atoms with van der Waals surface area (Å²) in [5.74, 6) is -1.59. The van der Waals surface area contributed by atoms with Crippen molar-refractivity contribution in [2.45, 2.75) is 12.1 Å². The first-order chi connectivity index (χ1) is 15.1. The summed E-state index contributed by atoms with van der Waals surface area (Å²) in [5.41, 5.74) is 1.57. The lowest BCUT2D eigenvalue weighted by Gasteiger charge is -2.28. The van der Waals surface area contributed by atoms with Crippen LogP contribution in [-0.2, 0) is 14.4 Å². The minimum absolute atomic E-state index is 0.103. The number of carbonyl (C=O) groups is 2. The monoisotopic (exact) mass is 415 g/mol. The van der Waals surface area contributed by atoms with Gasteiger partial charge in [0.1, 0.15) is 5.92 Å². The molecule has 2 amide bonds. The fourth-order valence-corrected chi connectivity index (χ4v) is 4.20. The van der Waals surface area contributed by atoms with Crippen LogP contribution in [0.15, 0.2) is 84.9 Å². The molecule has 8 heteroatoms. The van der Waals surface area contributed by atoms with Crippen LogP contribution in [0.3, 0.4) is 0 Å². The van der Waals surface area contributed by atoms with Crippen LogP contribution in [-0.4, -0.2) is 22.8 Å². The number of hydrogen-bond donors (Lipinski definition) is 0. The number of hydrogen-bond acceptors (Lipinski definition) is 6. The zero-order valence-corrected chi connectivity index (χ0v) is 16.2. The molecular formula is C23H17N3O5. The number of anilines is 2. The van der Waals surface area contributed by atoms with Gasteiger partial charge in [-0.15, -0.1) is 0 Å². The van der Waals surface area contributed by atoms with Crippen LogP contribution in [0.25, 0.3) is 0 Å². The van der Waals surface area contributed by atoms with Gasteiger partial charge in [-0.05, 0) is 23.8 Å². The predicted molar refractivity (Wildman–Crippen MR) is 112 cm³/mol. The third kappa shape index (κ3) is 3.04. The number of para-hydroxylation sites is 1. The Morgan fingerprint density at radius 3 is 2.13 bits per heavy atom. The van der Waals surface area contributed by atoms with E-state index in [1.54, 1.807) is 36.4 Å². The molecule has 2 aliphatic heterocycles. The van der Waals surface area contributed by atoms with E-state index in [9.17, 15) is 19.7 Å². The standard InChI is InChI=1S/C23H17N3O5/c27-22-19-20(15-8-3-1-4-9-15)25(17-12-7-13-18(14-17)26(29)30)31-21(19)23(28)24(22)16-10-5-2-6-11-16/h1-14,19-21H/t19-,20-,21+/m1/s1. The number of amides is 2. The molecule has 8 nitrogen and oxygen atoms in total. The van der Waals surface area contributed by atoms with Crippen LogP contribution in [0.4, 0.5) is 17.1 Å². The highest BCUT2D eigenvalue weighted by molar-refractivity contribution is 6.23. The van der Waals surface area contributed by atoms with Crippen LogP contribution < -0.4 is 9.96 Å². The van der Waals surface area contributed by atoms with Gasteiger partial charge in [0.15, 0.2) is 6.10 Å². The van der Waals surface area contributed by atoms with E-state index in [2.05, 4.69) is 0 Å². The van der Waals surface area contributed by atoms with E-state index < -0.39 is 28.9 Å². The summed E-state index contributed by atoms with van der Waals surface area (Å²) >= 11 is 0. The zero-order chi connectivity index (χ0) is 21.5. The Kier molecular flexibility index (Phi) is 4.48. The van der Waals surface area contributed by atoms with Gasteiger partial charge in [-0.1, -0.05) is 54.6 Å². The second-order valence-corrected chi connectivity index (χ2v) is 7.36. The second kappa shape index (κ2) is 7.33. The van der Waals surface area contributed by atoms with Gasteiger partial charge in [0, 0.05) is 12.1 Å². The molecule has 5 rings (SSSR count). The van der Waals surface area contributed by atoms with Crippen molar-refractivity contribution in [2.75, 3.05) is 9.96 Å². The average Bonchev–Trinajstić information content (AvgIpc) is 3.31. The van der Waals surface area contributed by atoms with Crippen molar-refractivity contribution < 1.29 is 19.3 Å². The van der Waals surface area contributed by atoms with Gasteiger partial charge in [-0.3, -0.25) is 24.5 Å². The molecule has 3 atom stereocenters. The van der Waals surface area contributed by atoms with E-state index in [4.69, 9.17) is 4.84 Å². The van der Waals surface area contributed by atoms with Crippen LogP contribution in [0.5, 0.6) is 0 Å². The minimum atomic E-state index is -1.02. The Hall–Kier alpha value is -4.04. The van der Waals surface area contributed by atoms with Crippen LogP contribution in [0.2, 0.25) is 0 Å². The zero-order valence-electron chi connectivity index (χ0n) is 16.2. The predicted octanol–water partition coefficient (Wildman–Crippen LogP) is 3.65. The molecule has 0 unspecified atom stereocenters. The minimum Gasteiger partial charge on any atom is -0.273 e. The maximum absolute atomic E-state index is 13.4. The third-order valence-corrected chi connectivity index (χ3v) is 5.57. The fraction of sp³-hybridized carbons (Fsp3) is 0.130. The number of hydroxylamine groups is 1. The topological polar surface area (TPSA) is 93.0 Å². The molecule has 2 fully saturated rings. The summed E-state index contributed by atoms with van der Waals surface area (Å²) in [6.07, 6.45) is -1.02. The van der Waals surface area contributed by atoms with Gasteiger partial charge in [0.2, 0.25) is 5.91 Å². The number of imide groups is 1. The number of nitro benzene ring substituents is 1. The van der Waals surface area contributed by atoms with Crippen LogP contribution >= 0.6 is 0 Å². The molecule has 3 aromatic carbocycles. The number of rotatable bonds is 4. The SMILES string of the molecule is O=C1[C@H]2[C@H](ON(c3cccc([N+](=O)[O-])c3)[C@@H]2c2ccccc2)C(=O)N1c1ccccc1. The summed E-state index contributed by atoms with van der Waals surface area (Å²) in [5, 5.41) is 12.7. The van der Waals surface area contributed by atoms with E-state index in [-0.39, 0.29) is 11.6 Å². The maximum Gasteiger partial charge on any atom is 0.271 e. The molecule has 0 bridgehead atoms. The van der Waals surface area contributed by atoms with Gasteiger partial charge in [-0.2, -0.15) is 0 Å². The number of non-ortho nitro benzene ring substituents is 1. The highest BCUT2D eigenvalue weighted by Crippen LogP contribution is 2.47. The van der Waals surface area contributed by atoms with Gasteiger partial charge >= 0.3 is 0 Å². The normalized spacial score (nSPS) is 22.6. The Balaban J connectivity index is 1.59. The smallest absolute Gasteiger partial charge is 0.271 e. The van der Waals surface area contributed by atoms with Crippen molar-refractivity contribution >= 4 is 28.9 Å². The van der Waals surface area contributed by atoms with Crippen molar-refractivity contribution in [3.63, 3.8) is 0 Å². The molecule has 0 saturated carbocycles. The van der Waals surface area contributed by atoms with E-state index >= 15 is 0 Å². The fourth-order valence-electron chi connectivity index (χ4n) is 4.20. The quantitative estimate of drug-likeness (QED) is 0.367. The molecule has 0 radical (unpaired) electrons. The first-order valence-electron chi connectivity index (χ1n) is 9.74. The largest absolute Gasteiger partial charge is 0.273 e. The molecular weight excluding hydrogens is 398 g/mol. The van der Waals surface area contributed by atoms with Gasteiger partial charge < -0.3 is 0 Å². The number of benzene rings is 3. The Bertz CT molecular complexity index is 1170. The Labute approximate surface area is 177 Å². The molecule has 2 heterocycles. The third-order valence-electron chi connectivity index (χ3n) is 5.57. The van der Waals surface area contributed by atoms with Crippen molar-refractivity contribution in [2.24, 2.45) is 5.92 Å². The number of fused-ring (bicyclic) bond motifs is 1.